The quantitative estimate of drug-likeness (QED) is 0.737. The van der Waals surface area contributed by atoms with E-state index in [-0.39, 0.29) is 12.3 Å². The van der Waals surface area contributed by atoms with Crippen LogP contribution in [-0.2, 0) is 11.2 Å². The summed E-state index contributed by atoms with van der Waals surface area (Å²) < 4.78 is 0. The summed E-state index contributed by atoms with van der Waals surface area (Å²) in [5, 5.41) is 8.69. The van der Waals surface area contributed by atoms with Gasteiger partial charge < -0.3 is 4.98 Å². The van der Waals surface area contributed by atoms with Gasteiger partial charge in [0.15, 0.2) is 0 Å². The van der Waals surface area contributed by atoms with Gasteiger partial charge in [0, 0.05) is 12.6 Å². The third-order valence-corrected chi connectivity index (χ3v) is 2.88. The normalized spacial score (nSPS) is 9.67. The lowest BCUT2D eigenvalue weighted by molar-refractivity contribution is -0.121. The monoisotopic (exact) mass is 282 g/mol. The van der Waals surface area contributed by atoms with E-state index in [2.05, 4.69) is 15.8 Å². The SMILES string of the molecule is N#Cc1ccc(CCC(=O)NNC(=O)c2ccc[nH]2)cc1. The number of carbonyl (C=O) groups excluding carboxylic acids is 2. The minimum atomic E-state index is -0.397. The van der Waals surface area contributed by atoms with E-state index in [9.17, 15) is 9.59 Å². The minimum absolute atomic E-state index is 0.247. The van der Waals surface area contributed by atoms with Gasteiger partial charge in [-0.3, -0.25) is 20.4 Å². The molecule has 106 valence electrons. The zero-order valence-electron chi connectivity index (χ0n) is 11.2. The maximum Gasteiger partial charge on any atom is 0.286 e. The van der Waals surface area contributed by atoms with E-state index in [1.807, 2.05) is 18.2 Å². The number of amides is 2. The summed E-state index contributed by atoms with van der Waals surface area (Å²) >= 11 is 0. The van der Waals surface area contributed by atoms with Crippen molar-refractivity contribution in [1.82, 2.24) is 15.8 Å². The smallest absolute Gasteiger partial charge is 0.286 e. The van der Waals surface area contributed by atoms with Gasteiger partial charge in [0.25, 0.3) is 5.91 Å². The van der Waals surface area contributed by atoms with E-state index in [0.29, 0.717) is 17.7 Å². The number of hydrogen-bond acceptors (Lipinski definition) is 3. The molecule has 1 aromatic carbocycles. The molecule has 0 atom stereocenters. The molecule has 3 N–H and O–H groups in total. The number of hydrazine groups is 1. The molecule has 0 spiro atoms. The van der Waals surface area contributed by atoms with Crippen LogP contribution in [0.4, 0.5) is 0 Å². The third-order valence-electron chi connectivity index (χ3n) is 2.88. The predicted octanol–water partition coefficient (Wildman–Crippen LogP) is 1.28. The Kier molecular flexibility index (Phi) is 4.72. The molecule has 2 rings (SSSR count). The Labute approximate surface area is 121 Å². The number of nitriles is 1. The number of aromatic amines is 1. The molecule has 6 nitrogen and oxygen atoms in total. The number of carbonyl (C=O) groups is 2. The van der Waals surface area contributed by atoms with Crippen molar-refractivity contribution in [3.05, 3.63) is 59.4 Å². The number of rotatable bonds is 4. The largest absolute Gasteiger partial charge is 0.357 e. The molecular formula is C15H14N4O2. The summed E-state index contributed by atoms with van der Waals surface area (Å²) in [6.45, 7) is 0. The molecule has 1 aromatic heterocycles. The Bertz CT molecular complexity index is 654. The molecule has 0 aliphatic heterocycles. The van der Waals surface area contributed by atoms with Crippen LogP contribution in [0.3, 0.4) is 0 Å². The molecule has 6 heteroatoms. The summed E-state index contributed by atoms with van der Waals surface area (Å²) in [5.41, 5.74) is 6.60. The second-order valence-electron chi connectivity index (χ2n) is 4.39. The van der Waals surface area contributed by atoms with Gasteiger partial charge in [0.1, 0.15) is 5.69 Å². The van der Waals surface area contributed by atoms with Gasteiger partial charge >= 0.3 is 0 Å². The molecule has 0 aliphatic carbocycles. The standard InChI is InChI=1S/C15H14N4O2/c16-10-12-5-3-11(4-6-12)7-8-14(20)18-19-15(21)13-2-1-9-17-13/h1-6,9,17H,7-8H2,(H,18,20)(H,19,21). The highest BCUT2D eigenvalue weighted by Gasteiger charge is 2.07. The van der Waals surface area contributed by atoms with Gasteiger partial charge in [0.2, 0.25) is 5.91 Å². The van der Waals surface area contributed by atoms with Crippen molar-refractivity contribution in [3.63, 3.8) is 0 Å². The first-order valence-corrected chi connectivity index (χ1v) is 6.40. The van der Waals surface area contributed by atoms with Crippen LogP contribution < -0.4 is 10.9 Å². The lowest BCUT2D eigenvalue weighted by Crippen LogP contribution is -2.41. The maximum atomic E-state index is 11.6. The van der Waals surface area contributed by atoms with E-state index >= 15 is 0 Å². The lowest BCUT2D eigenvalue weighted by Gasteiger charge is -2.06. The highest BCUT2D eigenvalue weighted by molar-refractivity contribution is 5.93. The number of benzene rings is 1. The molecule has 2 aromatic rings. The highest BCUT2D eigenvalue weighted by Crippen LogP contribution is 2.05. The van der Waals surface area contributed by atoms with Crippen molar-refractivity contribution in [3.8, 4) is 6.07 Å². The van der Waals surface area contributed by atoms with E-state index in [0.717, 1.165) is 5.56 Å². The fraction of sp³-hybridized carbons (Fsp3) is 0.133. The van der Waals surface area contributed by atoms with Crippen molar-refractivity contribution in [2.75, 3.05) is 0 Å². The Morgan fingerprint density at radius 2 is 1.90 bits per heavy atom. The van der Waals surface area contributed by atoms with E-state index in [1.165, 1.54) is 0 Å². The molecular weight excluding hydrogens is 268 g/mol. The third kappa shape index (κ3) is 4.21. The van der Waals surface area contributed by atoms with E-state index in [1.54, 1.807) is 30.5 Å². The van der Waals surface area contributed by atoms with Crippen LogP contribution in [0.25, 0.3) is 0 Å². The average molecular weight is 282 g/mol. The highest BCUT2D eigenvalue weighted by atomic mass is 16.2. The van der Waals surface area contributed by atoms with E-state index < -0.39 is 5.91 Å². The molecule has 0 fully saturated rings. The summed E-state index contributed by atoms with van der Waals surface area (Å²) in [5.74, 6) is -0.675. The molecule has 1 heterocycles. The summed E-state index contributed by atoms with van der Waals surface area (Å²) in [4.78, 5) is 25.9. The Hall–Kier alpha value is -3.07. The second-order valence-corrected chi connectivity index (χ2v) is 4.39. The Morgan fingerprint density at radius 1 is 1.14 bits per heavy atom. The zero-order valence-corrected chi connectivity index (χ0v) is 11.2. The number of aryl methyl sites for hydroxylation is 1. The van der Waals surface area contributed by atoms with Crippen molar-refractivity contribution >= 4 is 11.8 Å². The topological polar surface area (TPSA) is 97.8 Å². The molecule has 21 heavy (non-hydrogen) atoms. The number of H-pyrrole nitrogens is 1. The fourth-order valence-electron chi connectivity index (χ4n) is 1.73. The predicted molar refractivity (Wildman–Crippen MR) is 75.9 cm³/mol. The van der Waals surface area contributed by atoms with Crippen LogP contribution in [0.15, 0.2) is 42.6 Å². The number of nitrogens with one attached hydrogen (secondary N) is 3. The van der Waals surface area contributed by atoms with Gasteiger partial charge in [-0.1, -0.05) is 12.1 Å². The number of aromatic nitrogens is 1. The van der Waals surface area contributed by atoms with E-state index in [4.69, 9.17) is 5.26 Å². The minimum Gasteiger partial charge on any atom is -0.357 e. The molecule has 2 amide bonds. The molecule has 0 saturated carbocycles. The van der Waals surface area contributed by atoms with Gasteiger partial charge in [-0.2, -0.15) is 5.26 Å². The van der Waals surface area contributed by atoms with Gasteiger partial charge in [-0.05, 0) is 36.2 Å². The average Bonchev–Trinajstić information content (AvgIpc) is 3.05. The number of hydrogen-bond donors (Lipinski definition) is 3. The van der Waals surface area contributed by atoms with Crippen LogP contribution >= 0.6 is 0 Å². The van der Waals surface area contributed by atoms with Gasteiger partial charge in [0.05, 0.1) is 11.6 Å². The first-order valence-electron chi connectivity index (χ1n) is 6.40. The molecule has 0 aliphatic rings. The Morgan fingerprint density at radius 3 is 2.52 bits per heavy atom. The van der Waals surface area contributed by atoms with Crippen LogP contribution in [0.5, 0.6) is 0 Å². The van der Waals surface area contributed by atoms with Crippen molar-refractivity contribution in [2.24, 2.45) is 0 Å². The first kappa shape index (κ1) is 14.3. The summed E-state index contributed by atoms with van der Waals surface area (Å²) in [7, 11) is 0. The Balaban J connectivity index is 1.74. The molecule has 0 saturated heterocycles. The fourth-order valence-corrected chi connectivity index (χ4v) is 1.73. The van der Waals surface area contributed by atoms with Gasteiger partial charge in [-0.25, -0.2) is 0 Å². The van der Waals surface area contributed by atoms with Crippen LogP contribution in [0.2, 0.25) is 0 Å². The second kappa shape index (κ2) is 6.91. The summed E-state index contributed by atoms with van der Waals surface area (Å²) in [6.07, 6.45) is 2.41. The van der Waals surface area contributed by atoms with Crippen molar-refractivity contribution < 1.29 is 9.59 Å². The maximum absolute atomic E-state index is 11.6. The molecule has 0 bridgehead atoms. The first-order chi connectivity index (χ1) is 10.2. The number of nitrogens with zero attached hydrogens (tertiary/aromatic N) is 1. The molecule has 0 unspecified atom stereocenters. The van der Waals surface area contributed by atoms with Crippen molar-refractivity contribution in [2.45, 2.75) is 12.8 Å². The van der Waals surface area contributed by atoms with Crippen LogP contribution in [0.1, 0.15) is 28.0 Å². The molecule has 0 radical (unpaired) electrons. The summed E-state index contributed by atoms with van der Waals surface area (Å²) in [6, 6.07) is 12.4. The lowest BCUT2D eigenvalue weighted by atomic mass is 10.1. The van der Waals surface area contributed by atoms with Crippen LogP contribution in [0, 0.1) is 11.3 Å². The van der Waals surface area contributed by atoms with Crippen LogP contribution in [-0.4, -0.2) is 16.8 Å². The zero-order chi connectivity index (χ0) is 15.1. The van der Waals surface area contributed by atoms with Crippen molar-refractivity contribution in [1.29, 1.82) is 5.26 Å². The van der Waals surface area contributed by atoms with Gasteiger partial charge in [-0.15, -0.1) is 0 Å².